The molecule has 0 bridgehead atoms. The highest BCUT2D eigenvalue weighted by molar-refractivity contribution is 7.98. The molecular weight excluding hydrogens is 432 g/mol. The highest BCUT2D eigenvalue weighted by Crippen LogP contribution is 2.37. The fraction of sp³-hybridized carbons (Fsp3) is 0.217. The van der Waals surface area contributed by atoms with Crippen LogP contribution >= 0.6 is 23.1 Å². The van der Waals surface area contributed by atoms with Crippen molar-refractivity contribution in [3.05, 3.63) is 64.9 Å². The van der Waals surface area contributed by atoms with E-state index in [0.29, 0.717) is 18.0 Å². The van der Waals surface area contributed by atoms with Gasteiger partial charge >= 0.3 is 0 Å². The second-order valence-electron chi connectivity index (χ2n) is 7.35. The minimum atomic E-state index is -0.409. The molecule has 8 heteroatoms. The van der Waals surface area contributed by atoms with Crippen LogP contribution in [0.1, 0.15) is 12.0 Å². The maximum atomic E-state index is 13.0. The fourth-order valence-corrected chi connectivity index (χ4v) is 5.38. The Morgan fingerprint density at radius 1 is 1.16 bits per heavy atom. The summed E-state index contributed by atoms with van der Waals surface area (Å²) >= 11 is 3.36. The molecule has 0 aliphatic carbocycles. The topological polar surface area (TPSA) is 67.9 Å². The Morgan fingerprint density at radius 3 is 2.90 bits per heavy atom. The quantitative estimate of drug-likeness (QED) is 0.546. The van der Waals surface area contributed by atoms with E-state index in [0.717, 1.165) is 22.0 Å². The van der Waals surface area contributed by atoms with Crippen molar-refractivity contribution in [3.8, 4) is 11.5 Å². The Balaban J connectivity index is 1.26. The molecule has 2 aliphatic rings. The van der Waals surface area contributed by atoms with Gasteiger partial charge in [-0.15, -0.1) is 11.8 Å². The lowest BCUT2D eigenvalue weighted by Gasteiger charge is -2.17. The van der Waals surface area contributed by atoms with E-state index in [1.807, 2.05) is 30.3 Å². The Labute approximate surface area is 188 Å². The maximum absolute atomic E-state index is 13.0. The molecule has 31 heavy (non-hydrogen) atoms. The predicted octanol–water partition coefficient (Wildman–Crippen LogP) is 4.76. The van der Waals surface area contributed by atoms with Crippen LogP contribution in [-0.4, -0.2) is 25.2 Å². The Bertz CT molecular complexity index is 1120. The third-order valence-electron chi connectivity index (χ3n) is 5.28. The Hall–Kier alpha value is -2.97. The lowest BCUT2D eigenvalue weighted by molar-refractivity contribution is -0.122. The summed E-state index contributed by atoms with van der Waals surface area (Å²) in [7, 11) is 0. The normalized spacial score (nSPS) is 17.2. The van der Waals surface area contributed by atoms with Crippen LogP contribution in [0.3, 0.4) is 0 Å². The van der Waals surface area contributed by atoms with Crippen molar-refractivity contribution in [1.82, 2.24) is 0 Å². The van der Waals surface area contributed by atoms with Gasteiger partial charge in [0.25, 0.3) is 0 Å². The second-order valence-corrected chi connectivity index (χ2v) is 9.15. The first-order valence-corrected chi connectivity index (χ1v) is 11.8. The second kappa shape index (κ2) is 8.64. The molecule has 1 saturated heterocycles. The number of para-hydroxylation sites is 1. The summed E-state index contributed by atoms with van der Waals surface area (Å²) in [6, 6.07) is 15.3. The number of ether oxygens (including phenoxy) is 2. The molecule has 0 radical (unpaired) electrons. The molecule has 1 fully saturated rings. The number of nitrogens with zero attached hydrogens (tertiary/aromatic N) is 1. The van der Waals surface area contributed by atoms with Gasteiger partial charge < -0.3 is 19.7 Å². The van der Waals surface area contributed by atoms with E-state index in [1.54, 1.807) is 40.1 Å². The summed E-state index contributed by atoms with van der Waals surface area (Å²) in [4.78, 5) is 28.2. The van der Waals surface area contributed by atoms with Gasteiger partial charge in [-0.3, -0.25) is 9.59 Å². The minimum Gasteiger partial charge on any atom is -0.454 e. The maximum Gasteiger partial charge on any atom is 0.231 e. The molecule has 0 saturated carbocycles. The summed E-state index contributed by atoms with van der Waals surface area (Å²) in [5.74, 6) is 1.51. The van der Waals surface area contributed by atoms with Crippen LogP contribution in [-0.2, 0) is 15.3 Å². The third-order valence-corrected chi connectivity index (χ3v) is 7.16. The standard InChI is InChI=1S/C23H20N2O4S2/c26-22-9-16(11-25(22)17-5-6-19-20(10-17)29-14-28-19)23(27)24-18-3-1-2-4-21(18)31-13-15-7-8-30-12-15/h1-8,10,12,16H,9,11,13-14H2,(H,24,27)/t16-/m0/s1. The van der Waals surface area contributed by atoms with Crippen molar-refractivity contribution in [2.24, 2.45) is 5.92 Å². The van der Waals surface area contributed by atoms with E-state index in [2.05, 4.69) is 22.1 Å². The van der Waals surface area contributed by atoms with E-state index < -0.39 is 5.92 Å². The van der Waals surface area contributed by atoms with Crippen LogP contribution < -0.4 is 19.7 Å². The molecule has 1 atom stereocenters. The van der Waals surface area contributed by atoms with E-state index in [4.69, 9.17) is 9.47 Å². The zero-order valence-electron chi connectivity index (χ0n) is 16.6. The largest absolute Gasteiger partial charge is 0.454 e. The molecule has 2 aromatic carbocycles. The summed E-state index contributed by atoms with van der Waals surface area (Å²) in [6.45, 7) is 0.524. The van der Waals surface area contributed by atoms with Gasteiger partial charge in [-0.25, -0.2) is 0 Å². The lowest BCUT2D eigenvalue weighted by Crippen LogP contribution is -2.28. The zero-order chi connectivity index (χ0) is 21.2. The average Bonchev–Trinajstić information content (AvgIpc) is 3.53. The van der Waals surface area contributed by atoms with Crippen molar-refractivity contribution < 1.29 is 19.1 Å². The van der Waals surface area contributed by atoms with Crippen LogP contribution in [0, 0.1) is 5.92 Å². The predicted molar refractivity (Wildman–Crippen MR) is 122 cm³/mol. The first kappa shape index (κ1) is 20.0. The summed E-state index contributed by atoms with van der Waals surface area (Å²) in [5.41, 5.74) is 2.76. The summed E-state index contributed by atoms with van der Waals surface area (Å²) < 4.78 is 10.7. The number of amides is 2. The molecule has 158 valence electrons. The number of benzene rings is 2. The van der Waals surface area contributed by atoms with Crippen molar-refractivity contribution in [3.63, 3.8) is 0 Å². The van der Waals surface area contributed by atoms with E-state index >= 15 is 0 Å². The molecule has 3 aromatic rings. The number of carbonyl (C=O) groups is 2. The van der Waals surface area contributed by atoms with Crippen LogP contribution in [0.15, 0.2) is 64.2 Å². The number of thioether (sulfide) groups is 1. The summed E-state index contributed by atoms with van der Waals surface area (Å²) in [6.07, 6.45) is 0.185. The number of fused-ring (bicyclic) bond motifs is 1. The highest BCUT2D eigenvalue weighted by atomic mass is 32.2. The molecule has 1 aromatic heterocycles. The first-order valence-electron chi connectivity index (χ1n) is 9.91. The molecule has 2 amide bonds. The van der Waals surface area contributed by atoms with Gasteiger partial charge in [0.1, 0.15) is 0 Å². The Kier molecular flexibility index (Phi) is 5.57. The van der Waals surface area contributed by atoms with Crippen molar-refractivity contribution >= 4 is 46.3 Å². The molecule has 0 spiro atoms. The monoisotopic (exact) mass is 452 g/mol. The number of thiophene rings is 1. The van der Waals surface area contributed by atoms with Crippen LogP contribution in [0.2, 0.25) is 0 Å². The molecule has 3 heterocycles. The van der Waals surface area contributed by atoms with Crippen molar-refractivity contribution in [1.29, 1.82) is 0 Å². The number of rotatable bonds is 6. The highest BCUT2D eigenvalue weighted by Gasteiger charge is 2.36. The van der Waals surface area contributed by atoms with Crippen LogP contribution in [0.4, 0.5) is 11.4 Å². The molecule has 6 nitrogen and oxygen atoms in total. The lowest BCUT2D eigenvalue weighted by atomic mass is 10.1. The number of hydrogen-bond acceptors (Lipinski definition) is 6. The van der Waals surface area contributed by atoms with Gasteiger partial charge in [-0.05, 0) is 46.7 Å². The van der Waals surface area contributed by atoms with Gasteiger partial charge in [0.2, 0.25) is 18.6 Å². The molecule has 1 N–H and O–H groups in total. The molecular formula is C23H20N2O4S2. The van der Waals surface area contributed by atoms with E-state index in [1.165, 1.54) is 5.56 Å². The SMILES string of the molecule is O=C(Nc1ccccc1SCc1ccsc1)[C@H]1CC(=O)N(c2ccc3c(c2)OCO3)C1. The van der Waals surface area contributed by atoms with E-state index in [-0.39, 0.29) is 25.0 Å². The number of hydrogen-bond donors (Lipinski definition) is 1. The van der Waals surface area contributed by atoms with E-state index in [9.17, 15) is 9.59 Å². The van der Waals surface area contributed by atoms with Crippen molar-refractivity contribution in [2.75, 3.05) is 23.6 Å². The molecule has 2 aliphatic heterocycles. The van der Waals surface area contributed by atoms with Crippen LogP contribution in [0.25, 0.3) is 0 Å². The average molecular weight is 453 g/mol. The van der Waals surface area contributed by atoms with Crippen LogP contribution in [0.5, 0.6) is 11.5 Å². The van der Waals surface area contributed by atoms with Crippen molar-refractivity contribution in [2.45, 2.75) is 17.1 Å². The third kappa shape index (κ3) is 4.26. The van der Waals surface area contributed by atoms with Gasteiger partial charge in [-0.1, -0.05) is 12.1 Å². The minimum absolute atomic E-state index is 0.0702. The molecule has 5 rings (SSSR count). The van der Waals surface area contributed by atoms with Gasteiger partial charge in [-0.2, -0.15) is 11.3 Å². The first-order chi connectivity index (χ1) is 15.2. The number of carbonyl (C=O) groups excluding carboxylic acids is 2. The number of anilines is 2. The zero-order valence-corrected chi connectivity index (χ0v) is 18.2. The number of nitrogens with one attached hydrogen (secondary N) is 1. The molecule has 0 unspecified atom stereocenters. The smallest absolute Gasteiger partial charge is 0.231 e. The van der Waals surface area contributed by atoms with Gasteiger partial charge in [0.15, 0.2) is 11.5 Å². The van der Waals surface area contributed by atoms with Gasteiger partial charge in [0.05, 0.1) is 11.6 Å². The van der Waals surface area contributed by atoms with Gasteiger partial charge in [0, 0.05) is 35.4 Å². The fourth-order valence-electron chi connectivity index (χ4n) is 3.65. The Morgan fingerprint density at radius 2 is 2.03 bits per heavy atom. The summed E-state index contributed by atoms with van der Waals surface area (Å²) in [5, 5.41) is 7.23.